The SMILES string of the molecule is Cn1ccnc1[C@](O)(CCNC(=O)N1CCN(Cc2cccs2)CC1)C(F)(F)F. The van der Waals surface area contributed by atoms with Crippen molar-refractivity contribution >= 4 is 17.4 Å². The van der Waals surface area contributed by atoms with E-state index in [1.165, 1.54) is 24.3 Å². The molecule has 0 spiro atoms. The summed E-state index contributed by atoms with van der Waals surface area (Å²) in [6.07, 6.45) is -3.10. The number of hydrogen-bond acceptors (Lipinski definition) is 5. The molecule has 0 saturated carbocycles. The molecule has 160 valence electrons. The molecule has 3 heterocycles. The summed E-state index contributed by atoms with van der Waals surface area (Å²) in [5.41, 5.74) is -3.13. The van der Waals surface area contributed by atoms with Crippen LogP contribution < -0.4 is 5.32 Å². The lowest BCUT2D eigenvalue weighted by molar-refractivity contribution is -0.272. The molecular formula is C18H24F3N5O2S. The third-order valence-electron chi connectivity index (χ3n) is 5.04. The number of aliphatic hydroxyl groups is 1. The van der Waals surface area contributed by atoms with Gasteiger partial charge in [0.05, 0.1) is 0 Å². The van der Waals surface area contributed by atoms with E-state index in [0.29, 0.717) is 26.2 Å². The van der Waals surface area contributed by atoms with E-state index in [2.05, 4.69) is 21.3 Å². The highest BCUT2D eigenvalue weighted by Crippen LogP contribution is 2.40. The maximum Gasteiger partial charge on any atom is 0.424 e. The van der Waals surface area contributed by atoms with Crippen LogP contribution >= 0.6 is 11.3 Å². The van der Waals surface area contributed by atoms with Crippen LogP contribution in [0.4, 0.5) is 18.0 Å². The predicted molar refractivity (Wildman–Crippen MR) is 102 cm³/mol. The van der Waals surface area contributed by atoms with E-state index in [-0.39, 0.29) is 6.54 Å². The lowest BCUT2D eigenvalue weighted by atomic mass is 9.97. The van der Waals surface area contributed by atoms with Crippen molar-refractivity contribution in [3.8, 4) is 0 Å². The molecule has 1 atom stereocenters. The van der Waals surface area contributed by atoms with E-state index in [4.69, 9.17) is 0 Å². The van der Waals surface area contributed by atoms with E-state index in [0.717, 1.165) is 11.1 Å². The normalized spacial score (nSPS) is 17.9. The maximum atomic E-state index is 13.5. The van der Waals surface area contributed by atoms with Gasteiger partial charge < -0.3 is 19.9 Å². The number of hydrogen-bond donors (Lipinski definition) is 2. The number of piperazine rings is 1. The number of carbonyl (C=O) groups is 1. The van der Waals surface area contributed by atoms with Gasteiger partial charge in [-0.05, 0) is 11.4 Å². The van der Waals surface area contributed by atoms with Gasteiger partial charge in [0.25, 0.3) is 0 Å². The van der Waals surface area contributed by atoms with Gasteiger partial charge in [0.2, 0.25) is 5.60 Å². The van der Waals surface area contributed by atoms with E-state index in [9.17, 15) is 23.1 Å². The molecule has 29 heavy (non-hydrogen) atoms. The third kappa shape index (κ3) is 4.90. The summed E-state index contributed by atoms with van der Waals surface area (Å²) in [6.45, 7) is 2.91. The molecule has 7 nitrogen and oxygen atoms in total. The standard InChI is InChI=1S/C18H24F3N5O2S/c1-24-7-6-22-15(24)17(28,18(19,20)21)4-5-23-16(27)26-10-8-25(9-11-26)13-14-3-2-12-29-14/h2-3,6-7,12,28H,4-5,8-11,13H2,1H3,(H,23,27)/t17-/m1/s1. The average molecular weight is 431 g/mol. The first-order chi connectivity index (χ1) is 13.7. The van der Waals surface area contributed by atoms with Crippen molar-refractivity contribution in [2.45, 2.75) is 24.7 Å². The van der Waals surface area contributed by atoms with Crippen molar-refractivity contribution < 1.29 is 23.1 Å². The number of urea groups is 1. The molecule has 2 aromatic rings. The number of amides is 2. The number of aryl methyl sites for hydroxylation is 1. The quantitative estimate of drug-likeness (QED) is 0.735. The van der Waals surface area contributed by atoms with Crippen LogP contribution in [0.3, 0.4) is 0 Å². The van der Waals surface area contributed by atoms with Crippen molar-refractivity contribution in [1.82, 2.24) is 24.7 Å². The molecule has 2 amide bonds. The highest BCUT2D eigenvalue weighted by Gasteiger charge is 2.57. The molecular weight excluding hydrogens is 407 g/mol. The van der Waals surface area contributed by atoms with Gasteiger partial charge in [-0.25, -0.2) is 9.78 Å². The molecule has 2 aromatic heterocycles. The summed E-state index contributed by atoms with van der Waals surface area (Å²) in [5.74, 6) is -0.499. The smallest absolute Gasteiger partial charge is 0.374 e. The third-order valence-corrected chi connectivity index (χ3v) is 5.90. The fraction of sp³-hybridized carbons (Fsp3) is 0.556. The number of carbonyl (C=O) groups excluding carboxylic acids is 1. The van der Waals surface area contributed by atoms with Gasteiger partial charge in [-0.1, -0.05) is 6.07 Å². The van der Waals surface area contributed by atoms with Crippen molar-refractivity contribution in [3.63, 3.8) is 0 Å². The van der Waals surface area contributed by atoms with E-state index in [1.54, 1.807) is 16.2 Å². The van der Waals surface area contributed by atoms with Crippen LogP contribution in [0.5, 0.6) is 0 Å². The first-order valence-corrected chi connectivity index (χ1v) is 10.1. The number of alkyl halides is 3. The van der Waals surface area contributed by atoms with Crippen LogP contribution in [0.25, 0.3) is 0 Å². The molecule has 0 unspecified atom stereocenters. The maximum absolute atomic E-state index is 13.5. The summed E-state index contributed by atoms with van der Waals surface area (Å²) in [5, 5.41) is 14.8. The summed E-state index contributed by atoms with van der Waals surface area (Å²) < 4.78 is 41.6. The van der Waals surface area contributed by atoms with Gasteiger partial charge in [0.1, 0.15) is 5.82 Å². The van der Waals surface area contributed by atoms with E-state index in [1.807, 2.05) is 11.4 Å². The van der Waals surface area contributed by atoms with Crippen molar-refractivity contribution in [2.75, 3.05) is 32.7 Å². The highest BCUT2D eigenvalue weighted by molar-refractivity contribution is 7.09. The minimum atomic E-state index is -4.91. The first-order valence-electron chi connectivity index (χ1n) is 9.25. The van der Waals surface area contributed by atoms with Gasteiger partial charge in [-0.15, -0.1) is 11.3 Å². The van der Waals surface area contributed by atoms with Crippen molar-refractivity contribution in [3.05, 3.63) is 40.6 Å². The van der Waals surface area contributed by atoms with Crippen LogP contribution in [0, 0.1) is 0 Å². The summed E-state index contributed by atoms with van der Waals surface area (Å²) in [4.78, 5) is 21.0. The van der Waals surface area contributed by atoms with Crippen molar-refractivity contribution in [1.29, 1.82) is 0 Å². The number of halogens is 3. The fourth-order valence-corrected chi connectivity index (χ4v) is 4.08. The zero-order valence-corrected chi connectivity index (χ0v) is 16.8. The molecule has 1 fully saturated rings. The van der Waals surface area contributed by atoms with Gasteiger partial charge in [-0.3, -0.25) is 4.90 Å². The fourth-order valence-electron chi connectivity index (χ4n) is 3.34. The number of nitrogens with one attached hydrogen (secondary N) is 1. The monoisotopic (exact) mass is 431 g/mol. The zero-order chi connectivity index (χ0) is 21.1. The topological polar surface area (TPSA) is 73.6 Å². The lowest BCUT2D eigenvalue weighted by Gasteiger charge is -2.35. The summed E-state index contributed by atoms with van der Waals surface area (Å²) >= 11 is 1.68. The molecule has 0 aliphatic carbocycles. The Morgan fingerprint density at radius 2 is 2.03 bits per heavy atom. The number of nitrogens with zero attached hydrogens (tertiary/aromatic N) is 4. The molecule has 0 radical (unpaired) electrons. The Labute approximate surface area is 170 Å². The molecule has 0 bridgehead atoms. The van der Waals surface area contributed by atoms with Crippen LogP contribution in [0.2, 0.25) is 0 Å². The lowest BCUT2D eigenvalue weighted by Crippen LogP contribution is -2.52. The van der Waals surface area contributed by atoms with Gasteiger partial charge >= 0.3 is 12.2 Å². The van der Waals surface area contributed by atoms with Crippen LogP contribution in [0.15, 0.2) is 29.9 Å². The van der Waals surface area contributed by atoms with Crippen LogP contribution in [-0.2, 0) is 19.2 Å². The molecule has 2 N–H and O–H groups in total. The first kappa shape index (κ1) is 21.6. The summed E-state index contributed by atoms with van der Waals surface area (Å²) in [6, 6.07) is 3.63. The van der Waals surface area contributed by atoms with Gasteiger partial charge in [0, 0.05) is 70.0 Å². The van der Waals surface area contributed by atoms with Gasteiger partial charge in [0.15, 0.2) is 0 Å². The Kier molecular flexibility index (Phi) is 6.49. The van der Waals surface area contributed by atoms with E-state index >= 15 is 0 Å². The Morgan fingerprint density at radius 3 is 2.59 bits per heavy atom. The second-order valence-corrected chi connectivity index (χ2v) is 8.08. The average Bonchev–Trinajstić information content (AvgIpc) is 3.33. The Balaban J connectivity index is 1.49. The largest absolute Gasteiger partial charge is 0.424 e. The highest BCUT2D eigenvalue weighted by atomic mass is 32.1. The Bertz CT molecular complexity index is 803. The Morgan fingerprint density at radius 1 is 1.31 bits per heavy atom. The molecule has 11 heteroatoms. The minimum Gasteiger partial charge on any atom is -0.374 e. The molecule has 3 rings (SSSR count). The minimum absolute atomic E-state index is 0.322. The summed E-state index contributed by atoms with van der Waals surface area (Å²) in [7, 11) is 1.38. The number of rotatable bonds is 6. The van der Waals surface area contributed by atoms with Crippen LogP contribution in [-0.4, -0.2) is 69.4 Å². The molecule has 1 saturated heterocycles. The number of aromatic nitrogens is 2. The number of thiophene rings is 1. The molecule has 1 aliphatic rings. The predicted octanol–water partition coefficient (Wildman–Crippen LogP) is 2.15. The Hall–Kier alpha value is -2.11. The second kappa shape index (κ2) is 8.72. The second-order valence-electron chi connectivity index (χ2n) is 7.04. The van der Waals surface area contributed by atoms with Crippen molar-refractivity contribution in [2.24, 2.45) is 7.05 Å². The zero-order valence-electron chi connectivity index (χ0n) is 16.0. The van der Waals surface area contributed by atoms with Crippen LogP contribution in [0.1, 0.15) is 17.1 Å². The molecule has 0 aromatic carbocycles. The molecule has 1 aliphatic heterocycles. The number of imidazole rings is 1. The van der Waals surface area contributed by atoms with E-state index < -0.39 is 30.1 Å². The van der Waals surface area contributed by atoms with Gasteiger partial charge in [-0.2, -0.15) is 13.2 Å².